The Labute approximate surface area is 140 Å². The van der Waals surface area contributed by atoms with Gasteiger partial charge in [-0.2, -0.15) is 0 Å². The summed E-state index contributed by atoms with van der Waals surface area (Å²) in [5.74, 6) is 1.12. The molecule has 0 spiro atoms. The predicted octanol–water partition coefficient (Wildman–Crippen LogP) is 3.90. The van der Waals surface area contributed by atoms with E-state index in [0.29, 0.717) is 34.4 Å². The number of nitrogen functional groups attached to an aromatic ring is 1. The molecule has 7 heteroatoms. The number of aromatic nitrogens is 2. The molecule has 3 unspecified atom stereocenters. The molecule has 1 saturated heterocycles. The number of azo groups is 1. The van der Waals surface area contributed by atoms with Crippen LogP contribution >= 0.6 is 11.3 Å². The first-order chi connectivity index (χ1) is 11.0. The Morgan fingerprint density at radius 2 is 2.04 bits per heavy atom. The highest BCUT2D eigenvalue weighted by Crippen LogP contribution is 2.38. The van der Waals surface area contributed by atoms with Crippen molar-refractivity contribution in [2.24, 2.45) is 16.1 Å². The Morgan fingerprint density at radius 1 is 1.26 bits per heavy atom. The average Bonchev–Trinajstić information content (AvgIpc) is 3.05. The number of anilines is 1. The van der Waals surface area contributed by atoms with E-state index in [1.54, 1.807) is 0 Å². The molecule has 122 valence electrons. The number of hydrogen-bond acceptors (Lipinski definition) is 7. The monoisotopic (exact) mass is 330 g/mol. The summed E-state index contributed by atoms with van der Waals surface area (Å²) in [6.07, 6.45) is 0. The molecule has 1 fully saturated rings. The normalized spacial score (nSPS) is 25.5. The molecule has 0 saturated carbocycles. The first kappa shape index (κ1) is 16.0. The van der Waals surface area contributed by atoms with Gasteiger partial charge in [0.15, 0.2) is 0 Å². The van der Waals surface area contributed by atoms with Gasteiger partial charge in [-0.05, 0) is 44.5 Å². The van der Waals surface area contributed by atoms with Crippen LogP contribution in [0.5, 0.6) is 0 Å². The van der Waals surface area contributed by atoms with Gasteiger partial charge in [-0.3, -0.25) is 0 Å². The van der Waals surface area contributed by atoms with Gasteiger partial charge in [-0.25, -0.2) is 0 Å². The maximum Gasteiger partial charge on any atom is 0.251 e. The zero-order valence-electron chi connectivity index (χ0n) is 13.9. The van der Waals surface area contributed by atoms with Crippen molar-refractivity contribution in [1.29, 1.82) is 0 Å². The molecular weight excluding hydrogens is 308 g/mol. The third-order valence-corrected chi connectivity index (χ3v) is 5.54. The van der Waals surface area contributed by atoms with Crippen LogP contribution in [-0.2, 0) is 0 Å². The lowest BCUT2D eigenvalue weighted by Gasteiger charge is -2.18. The minimum atomic E-state index is 0.508. The van der Waals surface area contributed by atoms with Crippen molar-refractivity contribution in [2.45, 2.75) is 32.7 Å². The molecule has 23 heavy (non-hydrogen) atoms. The van der Waals surface area contributed by atoms with E-state index in [2.05, 4.69) is 52.3 Å². The summed E-state index contributed by atoms with van der Waals surface area (Å²) in [6, 6.07) is 6.68. The highest BCUT2D eigenvalue weighted by atomic mass is 32.1. The standard InChI is InChI=1S/C16H22N6S/c1-9-10(2)22(4)8-13(9)12-5-6-15(14(17)7-12)19-21-16-20-18-11(3)23-16/h5-7,9-10,13H,8,17H2,1-4H3. The van der Waals surface area contributed by atoms with E-state index in [1.165, 1.54) is 16.9 Å². The Morgan fingerprint density at radius 3 is 2.61 bits per heavy atom. The zero-order chi connectivity index (χ0) is 16.6. The summed E-state index contributed by atoms with van der Waals surface area (Å²) in [4.78, 5) is 2.40. The van der Waals surface area contributed by atoms with Crippen molar-refractivity contribution in [3.8, 4) is 0 Å². The van der Waals surface area contributed by atoms with Crippen LogP contribution in [0.4, 0.5) is 16.5 Å². The summed E-state index contributed by atoms with van der Waals surface area (Å²) >= 11 is 1.41. The van der Waals surface area contributed by atoms with Gasteiger partial charge in [0.2, 0.25) is 0 Å². The largest absolute Gasteiger partial charge is 0.397 e. The second-order valence-electron chi connectivity index (χ2n) is 6.27. The van der Waals surface area contributed by atoms with Gasteiger partial charge in [-0.15, -0.1) is 20.4 Å². The van der Waals surface area contributed by atoms with E-state index < -0.39 is 0 Å². The second kappa shape index (κ2) is 6.33. The second-order valence-corrected chi connectivity index (χ2v) is 7.43. The number of rotatable bonds is 3. The van der Waals surface area contributed by atoms with E-state index in [0.717, 1.165) is 11.6 Å². The van der Waals surface area contributed by atoms with E-state index >= 15 is 0 Å². The maximum absolute atomic E-state index is 6.17. The fraction of sp³-hybridized carbons (Fsp3) is 0.500. The van der Waals surface area contributed by atoms with Crippen molar-refractivity contribution in [1.82, 2.24) is 15.1 Å². The SMILES string of the molecule is Cc1nnc(N=Nc2ccc(C3CN(C)C(C)C3C)cc2N)s1. The fourth-order valence-electron chi connectivity index (χ4n) is 3.11. The van der Waals surface area contributed by atoms with Crippen LogP contribution in [0.1, 0.15) is 30.3 Å². The van der Waals surface area contributed by atoms with Gasteiger partial charge in [0.05, 0.1) is 5.69 Å². The van der Waals surface area contributed by atoms with Crippen molar-refractivity contribution in [3.63, 3.8) is 0 Å². The molecule has 0 amide bonds. The highest BCUT2D eigenvalue weighted by Gasteiger charge is 2.34. The molecule has 0 aliphatic carbocycles. The molecular formula is C16H22N6S. The molecule has 0 radical (unpaired) electrons. The molecule has 1 aliphatic heterocycles. The van der Waals surface area contributed by atoms with Gasteiger partial charge in [0.25, 0.3) is 5.13 Å². The Balaban J connectivity index is 1.80. The van der Waals surface area contributed by atoms with Crippen LogP contribution in [0.3, 0.4) is 0 Å². The first-order valence-electron chi connectivity index (χ1n) is 7.77. The zero-order valence-corrected chi connectivity index (χ0v) is 14.7. The minimum Gasteiger partial charge on any atom is -0.397 e. The number of nitrogens with two attached hydrogens (primary N) is 1. The van der Waals surface area contributed by atoms with Crippen LogP contribution in [-0.4, -0.2) is 34.7 Å². The van der Waals surface area contributed by atoms with Crippen LogP contribution in [0, 0.1) is 12.8 Å². The van der Waals surface area contributed by atoms with Gasteiger partial charge >= 0.3 is 0 Å². The molecule has 1 aromatic heterocycles. The van der Waals surface area contributed by atoms with Crippen LogP contribution in [0.2, 0.25) is 0 Å². The van der Waals surface area contributed by atoms with E-state index in [9.17, 15) is 0 Å². The lowest BCUT2D eigenvalue weighted by molar-refractivity contribution is 0.301. The molecule has 1 aromatic carbocycles. The molecule has 3 atom stereocenters. The molecule has 2 heterocycles. The van der Waals surface area contributed by atoms with Crippen molar-refractivity contribution < 1.29 is 0 Å². The Bertz CT molecular complexity index is 725. The molecule has 2 aromatic rings. The molecule has 0 bridgehead atoms. The maximum atomic E-state index is 6.17. The van der Waals surface area contributed by atoms with E-state index in [4.69, 9.17) is 5.73 Å². The molecule has 2 N–H and O–H groups in total. The van der Waals surface area contributed by atoms with Crippen molar-refractivity contribution >= 4 is 27.8 Å². The third-order valence-electron chi connectivity index (χ3n) is 4.81. The van der Waals surface area contributed by atoms with Gasteiger partial charge in [0, 0.05) is 18.5 Å². The van der Waals surface area contributed by atoms with Crippen LogP contribution in [0.25, 0.3) is 0 Å². The summed E-state index contributed by atoms with van der Waals surface area (Å²) in [5.41, 5.74) is 8.78. The number of likely N-dealkylation sites (tertiary alicyclic amines) is 1. The summed E-state index contributed by atoms with van der Waals surface area (Å²) < 4.78 is 0. The number of benzene rings is 1. The van der Waals surface area contributed by atoms with Crippen LogP contribution in [0.15, 0.2) is 28.4 Å². The minimum absolute atomic E-state index is 0.508. The topological polar surface area (TPSA) is 79.8 Å². The van der Waals surface area contributed by atoms with Crippen molar-refractivity contribution in [2.75, 3.05) is 19.3 Å². The summed E-state index contributed by atoms with van der Waals surface area (Å²) in [5, 5.41) is 17.6. The predicted molar refractivity (Wildman–Crippen MR) is 93.7 cm³/mol. The van der Waals surface area contributed by atoms with Gasteiger partial charge in [0.1, 0.15) is 10.7 Å². The number of nitrogens with zero attached hydrogens (tertiary/aromatic N) is 5. The van der Waals surface area contributed by atoms with E-state index in [-0.39, 0.29) is 0 Å². The number of aryl methyl sites for hydroxylation is 1. The summed E-state index contributed by atoms with van der Waals surface area (Å²) in [6.45, 7) is 7.54. The Hall–Kier alpha value is -1.86. The lowest BCUT2D eigenvalue weighted by Crippen LogP contribution is -2.24. The quantitative estimate of drug-likeness (QED) is 0.684. The highest BCUT2D eigenvalue weighted by molar-refractivity contribution is 7.14. The molecule has 1 aliphatic rings. The summed E-state index contributed by atoms with van der Waals surface area (Å²) in [7, 11) is 2.18. The number of hydrogen-bond donors (Lipinski definition) is 1. The third kappa shape index (κ3) is 3.25. The lowest BCUT2D eigenvalue weighted by atomic mass is 9.87. The number of likely N-dealkylation sites (N-methyl/N-ethyl adjacent to an activating group) is 1. The smallest absolute Gasteiger partial charge is 0.251 e. The van der Waals surface area contributed by atoms with Crippen LogP contribution < -0.4 is 5.73 Å². The van der Waals surface area contributed by atoms with E-state index in [1.807, 2.05) is 19.1 Å². The average molecular weight is 330 g/mol. The van der Waals surface area contributed by atoms with Gasteiger partial charge < -0.3 is 10.6 Å². The van der Waals surface area contributed by atoms with Crippen molar-refractivity contribution in [3.05, 3.63) is 28.8 Å². The Kier molecular flexibility index (Phi) is 4.41. The fourth-order valence-corrected chi connectivity index (χ4v) is 3.62. The van der Waals surface area contributed by atoms with Gasteiger partial charge in [-0.1, -0.05) is 24.3 Å². The molecule has 6 nitrogen and oxygen atoms in total. The first-order valence-corrected chi connectivity index (χ1v) is 8.59. The molecule has 3 rings (SSSR count).